The Hall–Kier alpha value is -2.68. The maximum atomic E-state index is 12.8. The highest BCUT2D eigenvalue weighted by atomic mass is 19.4. The fourth-order valence-corrected chi connectivity index (χ4v) is 1.71. The molecule has 1 amide bonds. The topological polar surface area (TPSA) is 60.5 Å². The van der Waals surface area contributed by atoms with Crippen molar-refractivity contribution in [2.24, 2.45) is 0 Å². The monoisotopic (exact) mass is 358 g/mol. The summed E-state index contributed by atoms with van der Waals surface area (Å²) in [4.78, 5) is 15.4. The highest BCUT2D eigenvalue weighted by Crippen LogP contribution is 2.19. The van der Waals surface area contributed by atoms with Crippen LogP contribution in [0.15, 0.2) is 42.6 Å². The minimum atomic E-state index is -4.47. The summed E-state index contributed by atoms with van der Waals surface area (Å²) in [6.45, 7) is -2.08. The molecule has 1 aromatic heterocycles. The van der Waals surface area contributed by atoms with Crippen molar-refractivity contribution < 1.29 is 31.8 Å². The standard InChI is InChI=1S/C16H14F4N2O3/c17-12-2-4-13(5-3-12)25-15-6-1-11(8-22-15)7-21-14(23)9-24-10-16(18,19)20/h1-6,8H,7,9-10H2,(H,21,23). The molecule has 1 N–H and O–H groups in total. The number of halogens is 4. The Labute approximate surface area is 140 Å². The van der Waals surface area contributed by atoms with Gasteiger partial charge in [-0.15, -0.1) is 0 Å². The normalized spacial score (nSPS) is 11.2. The number of benzene rings is 1. The number of pyridine rings is 1. The quantitative estimate of drug-likeness (QED) is 0.772. The minimum absolute atomic E-state index is 0.0814. The van der Waals surface area contributed by atoms with Crippen LogP contribution in [-0.2, 0) is 16.1 Å². The first kappa shape index (κ1) is 18.7. The van der Waals surface area contributed by atoms with Crippen molar-refractivity contribution >= 4 is 5.91 Å². The van der Waals surface area contributed by atoms with Gasteiger partial charge in [-0.1, -0.05) is 6.07 Å². The molecule has 0 unspecified atom stereocenters. The molecule has 134 valence electrons. The number of carbonyl (C=O) groups is 1. The van der Waals surface area contributed by atoms with E-state index in [1.807, 2.05) is 0 Å². The van der Waals surface area contributed by atoms with Crippen LogP contribution >= 0.6 is 0 Å². The van der Waals surface area contributed by atoms with Crippen molar-refractivity contribution in [1.29, 1.82) is 0 Å². The second-order valence-electron chi connectivity index (χ2n) is 4.95. The number of aromatic nitrogens is 1. The summed E-state index contributed by atoms with van der Waals surface area (Å²) in [5, 5.41) is 2.41. The fraction of sp³-hybridized carbons (Fsp3) is 0.250. The average Bonchev–Trinajstić information content (AvgIpc) is 2.55. The van der Waals surface area contributed by atoms with Crippen LogP contribution in [0.4, 0.5) is 17.6 Å². The number of alkyl halides is 3. The van der Waals surface area contributed by atoms with Gasteiger partial charge in [0, 0.05) is 18.8 Å². The molecule has 0 aliphatic carbocycles. The van der Waals surface area contributed by atoms with Gasteiger partial charge >= 0.3 is 6.18 Å². The lowest BCUT2D eigenvalue weighted by atomic mass is 10.3. The van der Waals surface area contributed by atoms with E-state index in [1.165, 1.54) is 30.5 Å². The number of rotatable bonds is 7. The second-order valence-corrected chi connectivity index (χ2v) is 4.95. The molecule has 0 saturated heterocycles. The molecule has 0 bridgehead atoms. The van der Waals surface area contributed by atoms with Crippen molar-refractivity contribution in [1.82, 2.24) is 10.3 Å². The maximum absolute atomic E-state index is 12.8. The van der Waals surface area contributed by atoms with Crippen LogP contribution in [0.1, 0.15) is 5.56 Å². The lowest BCUT2D eigenvalue weighted by molar-refractivity contribution is -0.175. The highest BCUT2D eigenvalue weighted by Gasteiger charge is 2.27. The SMILES string of the molecule is O=C(COCC(F)(F)F)NCc1ccc(Oc2ccc(F)cc2)nc1. The Bertz CT molecular complexity index is 688. The lowest BCUT2D eigenvalue weighted by Gasteiger charge is -2.09. The number of carbonyl (C=O) groups excluding carboxylic acids is 1. The molecule has 0 aliphatic heterocycles. The molecular formula is C16H14F4N2O3. The van der Waals surface area contributed by atoms with Gasteiger partial charge in [0.15, 0.2) is 0 Å². The molecule has 9 heteroatoms. The van der Waals surface area contributed by atoms with E-state index in [1.54, 1.807) is 12.1 Å². The van der Waals surface area contributed by atoms with Gasteiger partial charge < -0.3 is 14.8 Å². The number of nitrogens with zero attached hydrogens (tertiary/aromatic N) is 1. The summed E-state index contributed by atoms with van der Waals surface area (Å²) in [7, 11) is 0. The van der Waals surface area contributed by atoms with Crippen LogP contribution in [0.5, 0.6) is 11.6 Å². The van der Waals surface area contributed by atoms with Gasteiger partial charge in [0.05, 0.1) is 0 Å². The van der Waals surface area contributed by atoms with Gasteiger partial charge in [0.1, 0.15) is 24.8 Å². The van der Waals surface area contributed by atoms with E-state index in [0.717, 1.165) is 0 Å². The molecule has 1 heterocycles. The van der Waals surface area contributed by atoms with E-state index in [4.69, 9.17) is 4.74 Å². The Morgan fingerprint density at radius 2 is 1.84 bits per heavy atom. The molecule has 25 heavy (non-hydrogen) atoms. The number of amides is 1. The van der Waals surface area contributed by atoms with Crippen LogP contribution in [0.2, 0.25) is 0 Å². The zero-order valence-corrected chi connectivity index (χ0v) is 12.8. The highest BCUT2D eigenvalue weighted by molar-refractivity contribution is 5.77. The van der Waals surface area contributed by atoms with E-state index in [0.29, 0.717) is 11.3 Å². The van der Waals surface area contributed by atoms with Crippen LogP contribution < -0.4 is 10.1 Å². The zero-order valence-electron chi connectivity index (χ0n) is 12.8. The molecule has 0 radical (unpaired) electrons. The average molecular weight is 358 g/mol. The van der Waals surface area contributed by atoms with Gasteiger partial charge in [-0.2, -0.15) is 13.2 Å². The molecule has 2 aromatic rings. The predicted octanol–water partition coefficient (Wildman–Crippen LogP) is 3.21. The minimum Gasteiger partial charge on any atom is -0.439 e. The van der Waals surface area contributed by atoms with E-state index >= 15 is 0 Å². The van der Waals surface area contributed by atoms with Gasteiger partial charge in [-0.05, 0) is 29.8 Å². The lowest BCUT2D eigenvalue weighted by Crippen LogP contribution is -2.29. The summed E-state index contributed by atoms with van der Waals surface area (Å²) in [5.41, 5.74) is 0.621. The van der Waals surface area contributed by atoms with E-state index < -0.39 is 25.3 Å². The molecule has 0 aliphatic rings. The van der Waals surface area contributed by atoms with Crippen LogP contribution in [0, 0.1) is 5.82 Å². The van der Waals surface area contributed by atoms with E-state index in [2.05, 4.69) is 15.0 Å². The first-order valence-electron chi connectivity index (χ1n) is 7.11. The first-order valence-corrected chi connectivity index (χ1v) is 7.11. The molecular weight excluding hydrogens is 344 g/mol. The largest absolute Gasteiger partial charge is 0.439 e. The molecule has 1 aromatic carbocycles. The number of hydrogen-bond donors (Lipinski definition) is 1. The Balaban J connectivity index is 1.76. The van der Waals surface area contributed by atoms with Gasteiger partial charge in [-0.3, -0.25) is 4.79 Å². The fourth-order valence-electron chi connectivity index (χ4n) is 1.71. The van der Waals surface area contributed by atoms with Crippen LogP contribution in [-0.4, -0.2) is 30.3 Å². The van der Waals surface area contributed by atoms with E-state index in [-0.39, 0.29) is 18.2 Å². The number of hydrogen-bond acceptors (Lipinski definition) is 4. The Kier molecular flexibility index (Phi) is 6.29. The maximum Gasteiger partial charge on any atom is 0.411 e. The Morgan fingerprint density at radius 1 is 1.12 bits per heavy atom. The molecule has 0 saturated carbocycles. The van der Waals surface area contributed by atoms with Crippen molar-refractivity contribution in [2.75, 3.05) is 13.2 Å². The molecule has 0 spiro atoms. The van der Waals surface area contributed by atoms with Crippen LogP contribution in [0.25, 0.3) is 0 Å². The third kappa shape index (κ3) is 7.17. The van der Waals surface area contributed by atoms with Gasteiger partial charge in [0.2, 0.25) is 11.8 Å². The number of ether oxygens (including phenoxy) is 2. The van der Waals surface area contributed by atoms with Crippen molar-refractivity contribution in [2.45, 2.75) is 12.7 Å². The summed E-state index contributed by atoms with van der Waals surface area (Å²) in [5.74, 6) is -0.367. The third-order valence-corrected chi connectivity index (χ3v) is 2.82. The smallest absolute Gasteiger partial charge is 0.411 e. The molecule has 5 nitrogen and oxygen atoms in total. The summed E-state index contributed by atoms with van der Waals surface area (Å²) < 4.78 is 58.1. The summed E-state index contributed by atoms with van der Waals surface area (Å²) in [6.07, 6.45) is -3.03. The molecule has 2 rings (SSSR count). The van der Waals surface area contributed by atoms with Crippen molar-refractivity contribution in [3.05, 3.63) is 54.0 Å². The van der Waals surface area contributed by atoms with Gasteiger partial charge in [-0.25, -0.2) is 9.37 Å². The number of nitrogens with one attached hydrogen (secondary N) is 1. The van der Waals surface area contributed by atoms with Crippen molar-refractivity contribution in [3.8, 4) is 11.6 Å². The van der Waals surface area contributed by atoms with Gasteiger partial charge in [0.25, 0.3) is 0 Å². The Morgan fingerprint density at radius 3 is 2.44 bits per heavy atom. The van der Waals surface area contributed by atoms with Crippen molar-refractivity contribution in [3.63, 3.8) is 0 Å². The zero-order chi connectivity index (χ0) is 18.3. The predicted molar refractivity (Wildman–Crippen MR) is 79.4 cm³/mol. The van der Waals surface area contributed by atoms with Crippen LogP contribution in [0.3, 0.4) is 0 Å². The molecule has 0 atom stereocenters. The van der Waals surface area contributed by atoms with E-state index in [9.17, 15) is 22.4 Å². The second kappa shape index (κ2) is 8.43. The first-order chi connectivity index (χ1) is 11.8. The third-order valence-electron chi connectivity index (χ3n) is 2.82. The summed E-state index contributed by atoms with van der Waals surface area (Å²) in [6, 6.07) is 8.58. The summed E-state index contributed by atoms with van der Waals surface area (Å²) >= 11 is 0. The molecule has 0 fully saturated rings.